The van der Waals surface area contributed by atoms with Gasteiger partial charge in [0.2, 0.25) is 0 Å². The summed E-state index contributed by atoms with van der Waals surface area (Å²) < 4.78 is 0. The molecule has 1 saturated heterocycles. The van der Waals surface area contributed by atoms with Crippen LogP contribution in [0, 0.1) is 11.8 Å². The molecule has 2 fully saturated rings. The van der Waals surface area contributed by atoms with Crippen LogP contribution in [-0.4, -0.2) is 23.8 Å². The maximum Gasteiger partial charge on any atom is 0.0700 e. The second-order valence-electron chi connectivity index (χ2n) is 5.67. The zero-order chi connectivity index (χ0) is 10.7. The van der Waals surface area contributed by atoms with Crippen LogP contribution in [0.4, 0.5) is 0 Å². The highest BCUT2D eigenvalue weighted by Gasteiger charge is 2.37. The van der Waals surface area contributed by atoms with Crippen LogP contribution < -0.4 is 5.32 Å². The topological polar surface area (TPSA) is 32.3 Å². The van der Waals surface area contributed by atoms with Gasteiger partial charge in [-0.15, -0.1) is 0 Å². The molecule has 0 radical (unpaired) electrons. The molecule has 2 N–H and O–H groups in total. The summed E-state index contributed by atoms with van der Waals surface area (Å²) in [5.74, 6) is 1.22. The van der Waals surface area contributed by atoms with Gasteiger partial charge in [-0.2, -0.15) is 0 Å². The van der Waals surface area contributed by atoms with Crippen LogP contribution in [0.15, 0.2) is 0 Å². The number of nitrogens with one attached hydrogen (secondary N) is 1. The first-order valence-electron chi connectivity index (χ1n) is 6.64. The van der Waals surface area contributed by atoms with Crippen LogP contribution >= 0.6 is 0 Å². The Morgan fingerprint density at radius 3 is 2.67 bits per heavy atom. The molecule has 1 heterocycles. The Bertz CT molecular complexity index is 201. The molecule has 2 atom stereocenters. The van der Waals surface area contributed by atoms with E-state index in [9.17, 15) is 5.11 Å². The van der Waals surface area contributed by atoms with E-state index >= 15 is 0 Å². The molecule has 2 heteroatoms. The fourth-order valence-corrected chi connectivity index (χ4v) is 3.25. The fraction of sp³-hybridized carbons (Fsp3) is 1.00. The van der Waals surface area contributed by atoms with Crippen molar-refractivity contribution in [1.29, 1.82) is 0 Å². The number of aliphatic hydroxyl groups is 1. The molecule has 2 unspecified atom stereocenters. The van der Waals surface area contributed by atoms with Crippen LogP contribution in [0.2, 0.25) is 0 Å². The highest BCUT2D eigenvalue weighted by Crippen LogP contribution is 2.36. The zero-order valence-corrected chi connectivity index (χ0v) is 9.97. The number of hydrogen-bond donors (Lipinski definition) is 2. The van der Waals surface area contributed by atoms with Crippen molar-refractivity contribution in [2.45, 2.75) is 57.5 Å². The Balaban J connectivity index is 1.89. The molecular formula is C13H25NO. The van der Waals surface area contributed by atoms with E-state index in [-0.39, 0.29) is 5.60 Å². The van der Waals surface area contributed by atoms with Gasteiger partial charge in [0.25, 0.3) is 0 Å². The lowest BCUT2D eigenvalue weighted by molar-refractivity contribution is -0.0558. The third-order valence-corrected chi connectivity index (χ3v) is 4.47. The minimum atomic E-state index is -0.368. The van der Waals surface area contributed by atoms with E-state index in [1.165, 1.54) is 32.1 Å². The molecule has 0 spiro atoms. The third kappa shape index (κ3) is 2.73. The van der Waals surface area contributed by atoms with E-state index in [0.717, 1.165) is 31.8 Å². The molecule has 0 bridgehead atoms. The van der Waals surface area contributed by atoms with Crippen molar-refractivity contribution >= 4 is 0 Å². The van der Waals surface area contributed by atoms with Gasteiger partial charge in [-0.1, -0.05) is 39.0 Å². The maximum absolute atomic E-state index is 10.7. The molecule has 1 aliphatic heterocycles. The second-order valence-corrected chi connectivity index (χ2v) is 5.67. The average Bonchev–Trinajstić information content (AvgIpc) is 2.24. The quantitative estimate of drug-likeness (QED) is 0.734. The van der Waals surface area contributed by atoms with Crippen LogP contribution in [0.3, 0.4) is 0 Å². The predicted molar refractivity (Wildman–Crippen MR) is 62.8 cm³/mol. The van der Waals surface area contributed by atoms with Crippen molar-refractivity contribution in [2.75, 3.05) is 13.1 Å². The van der Waals surface area contributed by atoms with Gasteiger partial charge in [-0.3, -0.25) is 0 Å². The second kappa shape index (κ2) is 4.84. The van der Waals surface area contributed by atoms with Crippen molar-refractivity contribution < 1.29 is 5.11 Å². The van der Waals surface area contributed by atoms with Gasteiger partial charge >= 0.3 is 0 Å². The first kappa shape index (κ1) is 11.4. The van der Waals surface area contributed by atoms with Crippen LogP contribution in [-0.2, 0) is 0 Å². The normalized spacial score (nSPS) is 39.2. The van der Waals surface area contributed by atoms with Crippen LogP contribution in [0.5, 0.6) is 0 Å². The molecule has 2 aliphatic rings. The lowest BCUT2D eigenvalue weighted by atomic mass is 9.73. The molecular weight excluding hydrogens is 186 g/mol. The third-order valence-electron chi connectivity index (χ3n) is 4.47. The Morgan fingerprint density at radius 1 is 1.27 bits per heavy atom. The molecule has 88 valence electrons. The first-order chi connectivity index (χ1) is 7.21. The molecule has 0 aromatic heterocycles. The van der Waals surface area contributed by atoms with E-state index in [0.29, 0.717) is 5.92 Å². The van der Waals surface area contributed by atoms with Gasteiger partial charge in [0.15, 0.2) is 0 Å². The van der Waals surface area contributed by atoms with Gasteiger partial charge in [0.05, 0.1) is 5.60 Å². The van der Waals surface area contributed by atoms with Crippen molar-refractivity contribution in [1.82, 2.24) is 5.32 Å². The Labute approximate surface area is 93.5 Å². The van der Waals surface area contributed by atoms with Crippen molar-refractivity contribution in [2.24, 2.45) is 11.8 Å². The summed E-state index contributed by atoms with van der Waals surface area (Å²) in [4.78, 5) is 0. The van der Waals surface area contributed by atoms with E-state index in [1.54, 1.807) is 0 Å². The van der Waals surface area contributed by atoms with Crippen molar-refractivity contribution in [3.63, 3.8) is 0 Å². The molecule has 2 rings (SSSR count). The van der Waals surface area contributed by atoms with E-state index in [1.807, 2.05) is 0 Å². The van der Waals surface area contributed by atoms with Gasteiger partial charge in [0, 0.05) is 6.54 Å². The summed E-state index contributed by atoms with van der Waals surface area (Å²) in [6.45, 7) is 4.17. The Morgan fingerprint density at radius 2 is 2.00 bits per heavy atom. The van der Waals surface area contributed by atoms with Crippen LogP contribution in [0.25, 0.3) is 0 Å². The maximum atomic E-state index is 10.7. The van der Waals surface area contributed by atoms with E-state index < -0.39 is 0 Å². The summed E-state index contributed by atoms with van der Waals surface area (Å²) in [6, 6.07) is 0. The summed E-state index contributed by atoms with van der Waals surface area (Å²) in [7, 11) is 0. The summed E-state index contributed by atoms with van der Waals surface area (Å²) in [6.07, 6.45) is 8.87. The molecule has 0 amide bonds. The predicted octanol–water partition coefficient (Wildman–Crippen LogP) is 2.32. The minimum Gasteiger partial charge on any atom is -0.390 e. The van der Waals surface area contributed by atoms with E-state index in [4.69, 9.17) is 0 Å². The summed E-state index contributed by atoms with van der Waals surface area (Å²) in [5.41, 5.74) is -0.368. The number of hydrogen-bond acceptors (Lipinski definition) is 2. The summed E-state index contributed by atoms with van der Waals surface area (Å²) in [5, 5.41) is 14.0. The smallest absolute Gasteiger partial charge is 0.0700 e. The molecule has 1 aliphatic carbocycles. The van der Waals surface area contributed by atoms with Gasteiger partial charge in [0.1, 0.15) is 0 Å². The van der Waals surface area contributed by atoms with E-state index in [2.05, 4.69) is 12.2 Å². The van der Waals surface area contributed by atoms with Gasteiger partial charge in [-0.25, -0.2) is 0 Å². The highest BCUT2D eigenvalue weighted by atomic mass is 16.3. The fourth-order valence-electron chi connectivity index (χ4n) is 3.25. The SMILES string of the molecule is CC1CNCCC1(O)CC1CCCCC1. The highest BCUT2D eigenvalue weighted by molar-refractivity contribution is 4.91. The largest absolute Gasteiger partial charge is 0.390 e. The zero-order valence-electron chi connectivity index (χ0n) is 9.97. The first-order valence-corrected chi connectivity index (χ1v) is 6.64. The molecule has 0 aromatic carbocycles. The minimum absolute atomic E-state index is 0.368. The lowest BCUT2D eigenvalue weighted by Crippen LogP contribution is -2.50. The van der Waals surface area contributed by atoms with Crippen LogP contribution in [0.1, 0.15) is 51.9 Å². The average molecular weight is 211 g/mol. The Kier molecular flexibility index (Phi) is 3.68. The molecule has 0 aromatic rings. The van der Waals surface area contributed by atoms with Gasteiger partial charge < -0.3 is 10.4 Å². The molecule has 2 nitrogen and oxygen atoms in total. The monoisotopic (exact) mass is 211 g/mol. The number of rotatable bonds is 2. The molecule has 1 saturated carbocycles. The molecule has 15 heavy (non-hydrogen) atoms. The van der Waals surface area contributed by atoms with Crippen molar-refractivity contribution in [3.8, 4) is 0 Å². The van der Waals surface area contributed by atoms with Crippen molar-refractivity contribution in [3.05, 3.63) is 0 Å². The Hall–Kier alpha value is -0.0800. The summed E-state index contributed by atoms with van der Waals surface area (Å²) >= 11 is 0. The standard InChI is InChI=1S/C13H25NO/c1-11-10-14-8-7-13(11,15)9-12-5-3-2-4-6-12/h11-12,14-15H,2-10H2,1H3. The van der Waals surface area contributed by atoms with Gasteiger partial charge in [-0.05, 0) is 31.2 Å². The lowest BCUT2D eigenvalue weighted by Gasteiger charge is -2.41. The number of piperidine rings is 1.